The molecule has 6 nitrogen and oxygen atoms in total. The lowest BCUT2D eigenvalue weighted by molar-refractivity contribution is -0.137. The van der Waals surface area contributed by atoms with Crippen LogP contribution in [0.15, 0.2) is 24.3 Å². The average molecular weight is 371 g/mol. The summed E-state index contributed by atoms with van der Waals surface area (Å²) >= 11 is 5.82. The number of hydrogen-bond acceptors (Lipinski definition) is 4. The molecule has 1 saturated heterocycles. The highest BCUT2D eigenvalue weighted by atomic mass is 35.5. The zero-order valence-electron chi connectivity index (χ0n) is 13.0. The molecule has 0 radical (unpaired) electrons. The summed E-state index contributed by atoms with van der Waals surface area (Å²) in [6.07, 6.45) is 1.39. The van der Waals surface area contributed by atoms with E-state index in [0.717, 1.165) is 5.56 Å². The molecule has 1 aromatic rings. The van der Waals surface area contributed by atoms with Crippen LogP contribution >= 0.6 is 11.6 Å². The van der Waals surface area contributed by atoms with E-state index in [2.05, 4.69) is 10.6 Å². The Kier molecular flexibility index (Phi) is 4.57. The Morgan fingerprint density at radius 1 is 1.17 bits per heavy atom. The number of sulfone groups is 1. The number of hydrogen-bond donors (Lipinski definition) is 2. The first-order chi connectivity index (χ1) is 11.3. The van der Waals surface area contributed by atoms with Crippen LogP contribution in [0.2, 0.25) is 5.02 Å². The van der Waals surface area contributed by atoms with Gasteiger partial charge in [-0.3, -0.25) is 9.59 Å². The van der Waals surface area contributed by atoms with E-state index in [-0.39, 0.29) is 29.4 Å². The van der Waals surface area contributed by atoms with E-state index in [9.17, 15) is 18.0 Å². The van der Waals surface area contributed by atoms with Crippen molar-refractivity contribution < 1.29 is 18.0 Å². The van der Waals surface area contributed by atoms with E-state index in [0.29, 0.717) is 30.8 Å². The van der Waals surface area contributed by atoms with E-state index in [1.54, 1.807) is 12.1 Å². The number of carbonyl (C=O) groups excluding carboxylic acids is 2. The van der Waals surface area contributed by atoms with Gasteiger partial charge in [0.25, 0.3) is 0 Å². The van der Waals surface area contributed by atoms with E-state index in [4.69, 9.17) is 11.6 Å². The lowest BCUT2D eigenvalue weighted by Gasteiger charge is -2.18. The number of halogens is 1. The van der Waals surface area contributed by atoms with Crippen molar-refractivity contribution >= 4 is 33.3 Å². The van der Waals surface area contributed by atoms with Gasteiger partial charge < -0.3 is 10.6 Å². The highest BCUT2D eigenvalue weighted by Crippen LogP contribution is 2.46. The molecule has 0 bridgehead atoms. The molecule has 1 aliphatic carbocycles. The summed E-state index contributed by atoms with van der Waals surface area (Å²) in [6, 6.07) is 6.72. The monoisotopic (exact) mass is 370 g/mol. The Hall–Kier alpha value is -1.60. The summed E-state index contributed by atoms with van der Waals surface area (Å²) in [5.74, 6) is -0.622. The maximum atomic E-state index is 12.4. The Morgan fingerprint density at radius 2 is 1.83 bits per heavy atom. The lowest BCUT2D eigenvalue weighted by atomic mass is 10.0. The number of amides is 2. The highest BCUT2D eigenvalue weighted by Gasteiger charge is 2.56. The minimum absolute atomic E-state index is 0.0405. The van der Waals surface area contributed by atoms with Crippen LogP contribution in [0.1, 0.15) is 24.8 Å². The molecule has 2 fully saturated rings. The molecule has 2 aliphatic rings. The van der Waals surface area contributed by atoms with Crippen molar-refractivity contribution in [3.8, 4) is 0 Å². The zero-order chi connectivity index (χ0) is 17.4. The SMILES string of the molecule is O=C(NCc1ccc(Cl)cc1)C1(C(=O)NC2CCS(=O)(=O)C2)CC1. The van der Waals surface area contributed by atoms with Gasteiger partial charge in [-0.25, -0.2) is 8.42 Å². The van der Waals surface area contributed by atoms with Crippen molar-refractivity contribution in [1.82, 2.24) is 10.6 Å². The maximum absolute atomic E-state index is 12.4. The fourth-order valence-electron chi connectivity index (χ4n) is 2.87. The Morgan fingerprint density at radius 3 is 2.38 bits per heavy atom. The highest BCUT2D eigenvalue weighted by molar-refractivity contribution is 7.91. The van der Waals surface area contributed by atoms with Gasteiger partial charge in [-0.2, -0.15) is 0 Å². The largest absolute Gasteiger partial charge is 0.351 e. The van der Waals surface area contributed by atoms with Gasteiger partial charge in [-0.1, -0.05) is 23.7 Å². The van der Waals surface area contributed by atoms with Crippen molar-refractivity contribution in [2.24, 2.45) is 5.41 Å². The minimum atomic E-state index is -3.06. The van der Waals surface area contributed by atoms with Crippen molar-refractivity contribution in [1.29, 1.82) is 0 Å². The smallest absolute Gasteiger partial charge is 0.235 e. The van der Waals surface area contributed by atoms with Crippen LogP contribution in [-0.4, -0.2) is 37.8 Å². The first-order valence-corrected chi connectivity index (χ1v) is 10.0. The molecular formula is C16H19ClN2O4S. The molecule has 2 N–H and O–H groups in total. The van der Waals surface area contributed by atoms with Crippen LogP contribution in [-0.2, 0) is 26.0 Å². The molecule has 0 aromatic heterocycles. The van der Waals surface area contributed by atoms with Gasteiger partial charge in [0.2, 0.25) is 11.8 Å². The van der Waals surface area contributed by atoms with Gasteiger partial charge >= 0.3 is 0 Å². The minimum Gasteiger partial charge on any atom is -0.351 e. The molecular weight excluding hydrogens is 352 g/mol. The van der Waals surface area contributed by atoms with Gasteiger partial charge in [-0.15, -0.1) is 0 Å². The predicted molar refractivity (Wildman–Crippen MR) is 90.2 cm³/mol. The summed E-state index contributed by atoms with van der Waals surface area (Å²) in [5.41, 5.74) is -0.149. The molecule has 24 heavy (non-hydrogen) atoms. The molecule has 2 amide bonds. The van der Waals surface area contributed by atoms with Crippen molar-refractivity contribution in [2.75, 3.05) is 11.5 Å². The fourth-order valence-corrected chi connectivity index (χ4v) is 4.67. The van der Waals surface area contributed by atoms with Crippen LogP contribution in [0.25, 0.3) is 0 Å². The van der Waals surface area contributed by atoms with Gasteiger partial charge in [0, 0.05) is 17.6 Å². The van der Waals surface area contributed by atoms with Crippen LogP contribution in [0.5, 0.6) is 0 Å². The second-order valence-electron chi connectivity index (χ2n) is 6.46. The van der Waals surface area contributed by atoms with E-state index in [1.807, 2.05) is 12.1 Å². The molecule has 8 heteroatoms. The van der Waals surface area contributed by atoms with Crippen LogP contribution in [0.4, 0.5) is 0 Å². The standard InChI is InChI=1S/C16H19ClN2O4S/c17-12-3-1-11(2-4-12)9-18-14(20)16(6-7-16)15(21)19-13-5-8-24(22,23)10-13/h1-4,13H,5-10H2,(H,18,20)(H,19,21). The molecule has 1 aliphatic heterocycles. The van der Waals surface area contributed by atoms with Gasteiger partial charge in [0.15, 0.2) is 9.84 Å². The van der Waals surface area contributed by atoms with Crippen LogP contribution in [0, 0.1) is 5.41 Å². The summed E-state index contributed by atoms with van der Waals surface area (Å²) in [4.78, 5) is 24.8. The zero-order valence-corrected chi connectivity index (χ0v) is 14.6. The summed E-state index contributed by atoms with van der Waals surface area (Å²) in [6.45, 7) is 0.322. The average Bonchev–Trinajstić information content (AvgIpc) is 3.27. The quantitative estimate of drug-likeness (QED) is 0.757. The number of carbonyl (C=O) groups is 2. The number of rotatable bonds is 5. The molecule has 1 aromatic carbocycles. The lowest BCUT2D eigenvalue weighted by Crippen LogP contribution is -2.46. The first-order valence-electron chi connectivity index (χ1n) is 7.85. The normalized spacial score (nSPS) is 23.5. The summed E-state index contributed by atoms with van der Waals surface area (Å²) < 4.78 is 22.9. The fraction of sp³-hybridized carbons (Fsp3) is 0.500. The Balaban J connectivity index is 1.55. The molecule has 130 valence electrons. The van der Waals surface area contributed by atoms with Gasteiger partial charge in [-0.05, 0) is 37.0 Å². The third kappa shape index (κ3) is 3.72. The second kappa shape index (κ2) is 6.37. The third-order valence-corrected chi connectivity index (χ3v) is 6.57. The second-order valence-corrected chi connectivity index (χ2v) is 9.13. The Bertz CT molecular complexity index is 757. The molecule has 1 atom stereocenters. The molecule has 0 spiro atoms. The molecule has 1 saturated carbocycles. The molecule has 1 unspecified atom stereocenters. The third-order valence-electron chi connectivity index (χ3n) is 4.55. The first kappa shape index (κ1) is 17.2. The molecule has 3 rings (SSSR count). The van der Waals surface area contributed by atoms with Gasteiger partial charge in [0.05, 0.1) is 11.5 Å². The number of nitrogens with one attached hydrogen (secondary N) is 2. The maximum Gasteiger partial charge on any atom is 0.235 e. The summed E-state index contributed by atoms with van der Waals surface area (Å²) in [5, 5.41) is 6.13. The van der Waals surface area contributed by atoms with Crippen molar-refractivity contribution in [2.45, 2.75) is 31.8 Å². The van der Waals surface area contributed by atoms with Crippen LogP contribution in [0.3, 0.4) is 0 Å². The Labute approximate surface area is 145 Å². The predicted octanol–water partition coefficient (Wildman–Crippen LogP) is 1.04. The van der Waals surface area contributed by atoms with E-state index in [1.165, 1.54) is 0 Å². The summed E-state index contributed by atoms with van der Waals surface area (Å²) in [7, 11) is -3.06. The van der Waals surface area contributed by atoms with E-state index >= 15 is 0 Å². The molecule has 1 heterocycles. The van der Waals surface area contributed by atoms with E-state index < -0.39 is 15.3 Å². The topological polar surface area (TPSA) is 92.3 Å². The van der Waals surface area contributed by atoms with Crippen molar-refractivity contribution in [3.63, 3.8) is 0 Å². The van der Waals surface area contributed by atoms with Crippen LogP contribution < -0.4 is 10.6 Å². The van der Waals surface area contributed by atoms with Crippen molar-refractivity contribution in [3.05, 3.63) is 34.9 Å². The number of benzene rings is 1. The van der Waals surface area contributed by atoms with Gasteiger partial charge in [0.1, 0.15) is 5.41 Å².